The maximum Gasteiger partial charge on any atom is 0.303 e. The van der Waals surface area contributed by atoms with E-state index in [9.17, 15) is 15.0 Å². The highest BCUT2D eigenvalue weighted by atomic mass is 16.5. The Labute approximate surface area is 226 Å². The van der Waals surface area contributed by atoms with E-state index in [4.69, 9.17) is 9.47 Å². The first-order valence-electron chi connectivity index (χ1n) is 14.0. The molecule has 0 bridgehead atoms. The van der Waals surface area contributed by atoms with Gasteiger partial charge in [0.2, 0.25) is 0 Å². The minimum Gasteiger partial charge on any atom is -0.501 e. The van der Waals surface area contributed by atoms with Crippen molar-refractivity contribution in [2.75, 3.05) is 13.7 Å². The Morgan fingerprint density at radius 2 is 1.76 bits per heavy atom. The van der Waals surface area contributed by atoms with E-state index in [0.717, 1.165) is 49.9 Å². The Kier molecular flexibility index (Phi) is 13.9. The van der Waals surface area contributed by atoms with Gasteiger partial charge < -0.3 is 19.7 Å². The van der Waals surface area contributed by atoms with Gasteiger partial charge in [0.25, 0.3) is 0 Å². The first-order chi connectivity index (χ1) is 17.3. The summed E-state index contributed by atoms with van der Waals surface area (Å²) in [5, 5.41) is 21.1. The van der Waals surface area contributed by atoms with Crippen molar-refractivity contribution in [3.8, 4) is 0 Å². The van der Waals surface area contributed by atoms with Gasteiger partial charge in [-0.25, -0.2) is 0 Å². The predicted octanol–water partition coefficient (Wildman–Crippen LogP) is 7.59. The molecule has 4 atom stereocenters. The molecule has 5 heteroatoms. The molecule has 4 unspecified atom stereocenters. The van der Waals surface area contributed by atoms with E-state index in [1.54, 1.807) is 7.11 Å². The van der Waals surface area contributed by atoms with Crippen molar-refractivity contribution in [1.29, 1.82) is 0 Å². The smallest absolute Gasteiger partial charge is 0.303 e. The molecule has 5 nitrogen and oxygen atoms in total. The van der Waals surface area contributed by atoms with Crippen LogP contribution in [-0.4, -0.2) is 41.6 Å². The third kappa shape index (κ3) is 10.1. The monoisotopic (exact) mass is 518 g/mol. The van der Waals surface area contributed by atoms with E-state index in [1.165, 1.54) is 23.6 Å². The van der Waals surface area contributed by atoms with Gasteiger partial charge in [0.05, 0.1) is 18.5 Å². The predicted molar refractivity (Wildman–Crippen MR) is 153 cm³/mol. The molecule has 0 aromatic rings. The molecule has 0 heterocycles. The van der Waals surface area contributed by atoms with Gasteiger partial charge in [-0.3, -0.25) is 4.79 Å². The SMILES string of the molecule is COC(C)=C1CCC(C)(O)C(C)(CCC=C(C)C(CC=C(C)CCC=C(C)C)OC(C)=O)C1CCCO. The Hall–Kier alpha value is -1.85. The summed E-state index contributed by atoms with van der Waals surface area (Å²) in [4.78, 5) is 11.8. The van der Waals surface area contributed by atoms with Crippen molar-refractivity contribution in [2.24, 2.45) is 11.3 Å². The van der Waals surface area contributed by atoms with Crippen molar-refractivity contribution in [3.05, 3.63) is 46.3 Å². The molecule has 0 amide bonds. The topological polar surface area (TPSA) is 76.0 Å². The Balaban J connectivity index is 3.10. The Morgan fingerprint density at radius 3 is 2.32 bits per heavy atom. The fraction of sp³-hybridized carbons (Fsp3) is 0.719. The van der Waals surface area contributed by atoms with Crippen molar-refractivity contribution >= 4 is 5.97 Å². The molecule has 0 radical (unpaired) electrons. The van der Waals surface area contributed by atoms with E-state index in [2.05, 4.69) is 45.9 Å². The van der Waals surface area contributed by atoms with E-state index in [-0.39, 0.29) is 30.0 Å². The zero-order valence-corrected chi connectivity index (χ0v) is 25.1. The minimum absolute atomic E-state index is 0.132. The van der Waals surface area contributed by atoms with Gasteiger partial charge in [-0.05, 0) is 110 Å². The van der Waals surface area contributed by atoms with E-state index in [1.807, 2.05) is 20.8 Å². The summed E-state index contributed by atoms with van der Waals surface area (Å²) in [5.41, 5.74) is 3.73. The lowest BCUT2D eigenvalue weighted by molar-refractivity contribution is -0.144. The van der Waals surface area contributed by atoms with Gasteiger partial charge in [0.1, 0.15) is 6.10 Å². The number of carbonyl (C=O) groups is 1. The molecule has 0 aromatic carbocycles. The van der Waals surface area contributed by atoms with Gasteiger partial charge in [-0.2, -0.15) is 0 Å². The van der Waals surface area contributed by atoms with Crippen molar-refractivity contribution in [3.63, 3.8) is 0 Å². The first kappa shape index (κ1) is 33.2. The highest BCUT2D eigenvalue weighted by molar-refractivity contribution is 5.66. The van der Waals surface area contributed by atoms with Crippen LogP contribution in [0.15, 0.2) is 46.3 Å². The first-order valence-corrected chi connectivity index (χ1v) is 14.0. The van der Waals surface area contributed by atoms with Crippen LogP contribution >= 0.6 is 0 Å². The molecule has 37 heavy (non-hydrogen) atoms. The number of methoxy groups -OCH3 is 1. The fourth-order valence-corrected chi connectivity index (χ4v) is 5.64. The molecule has 1 saturated carbocycles. The molecule has 1 fully saturated rings. The molecule has 1 aliphatic carbocycles. The van der Waals surface area contributed by atoms with Crippen LogP contribution in [0.3, 0.4) is 0 Å². The number of aliphatic hydroxyl groups is 2. The van der Waals surface area contributed by atoms with E-state index >= 15 is 0 Å². The molecular weight excluding hydrogens is 464 g/mol. The molecule has 1 aliphatic rings. The van der Waals surface area contributed by atoms with E-state index in [0.29, 0.717) is 19.3 Å². The number of carbonyl (C=O) groups excluding carboxylic acids is 1. The highest BCUT2D eigenvalue weighted by Crippen LogP contribution is 2.55. The normalized spacial score (nSPS) is 26.9. The average Bonchev–Trinajstić information content (AvgIpc) is 2.81. The number of aliphatic hydroxyl groups excluding tert-OH is 1. The maximum atomic E-state index is 11.8. The maximum absolute atomic E-state index is 11.8. The summed E-state index contributed by atoms with van der Waals surface area (Å²) in [5.74, 6) is 0.787. The molecule has 0 aromatic heterocycles. The summed E-state index contributed by atoms with van der Waals surface area (Å²) in [6, 6.07) is 0. The fourth-order valence-electron chi connectivity index (χ4n) is 5.64. The lowest BCUT2D eigenvalue weighted by Gasteiger charge is -2.53. The summed E-state index contributed by atoms with van der Waals surface area (Å²) >= 11 is 0. The Morgan fingerprint density at radius 1 is 1.08 bits per heavy atom. The second-order valence-electron chi connectivity index (χ2n) is 11.6. The van der Waals surface area contributed by atoms with Crippen molar-refractivity contribution < 1.29 is 24.5 Å². The van der Waals surface area contributed by atoms with Gasteiger partial charge in [-0.1, -0.05) is 36.3 Å². The molecule has 2 N–H and O–H groups in total. The van der Waals surface area contributed by atoms with Crippen LogP contribution in [0.1, 0.15) is 113 Å². The lowest BCUT2D eigenvalue weighted by Crippen LogP contribution is -2.52. The second kappa shape index (κ2) is 15.5. The van der Waals surface area contributed by atoms with Crippen LogP contribution in [0, 0.1) is 11.3 Å². The highest BCUT2D eigenvalue weighted by Gasteiger charge is 2.52. The van der Waals surface area contributed by atoms with Crippen LogP contribution in [0.4, 0.5) is 0 Å². The lowest BCUT2D eigenvalue weighted by atomic mass is 9.54. The van der Waals surface area contributed by atoms with Gasteiger partial charge in [0, 0.05) is 25.4 Å². The quantitative estimate of drug-likeness (QED) is 0.141. The van der Waals surface area contributed by atoms with Crippen LogP contribution in [0.2, 0.25) is 0 Å². The molecule has 1 rings (SSSR count). The van der Waals surface area contributed by atoms with Gasteiger partial charge in [-0.15, -0.1) is 0 Å². The van der Waals surface area contributed by atoms with Gasteiger partial charge >= 0.3 is 5.97 Å². The number of allylic oxidation sites excluding steroid dienone is 6. The number of ether oxygens (including phenoxy) is 2. The molecule has 0 aliphatic heterocycles. The molecule has 0 saturated heterocycles. The molecule has 0 spiro atoms. The Bertz CT molecular complexity index is 856. The largest absolute Gasteiger partial charge is 0.501 e. The number of esters is 1. The standard InChI is InChI=1S/C32H54O5/c1-23(2)13-10-14-24(3)17-18-30(37-27(6)34)25(4)15-11-20-31(7)29(16-12-22-33)28(26(5)36-9)19-21-32(31,8)35/h13,15,17,29-30,33,35H,10-12,14,16,18-22H2,1-9H3. The zero-order valence-electron chi connectivity index (χ0n) is 25.1. The van der Waals surface area contributed by atoms with Gasteiger partial charge in [0.15, 0.2) is 0 Å². The van der Waals surface area contributed by atoms with Crippen molar-refractivity contribution in [1.82, 2.24) is 0 Å². The second-order valence-corrected chi connectivity index (χ2v) is 11.6. The van der Waals surface area contributed by atoms with Crippen molar-refractivity contribution in [2.45, 2.75) is 125 Å². The average molecular weight is 519 g/mol. The summed E-state index contributed by atoms with van der Waals surface area (Å²) in [7, 11) is 1.70. The zero-order chi connectivity index (χ0) is 28.2. The minimum atomic E-state index is -0.827. The summed E-state index contributed by atoms with van der Waals surface area (Å²) in [6.45, 7) is 16.1. The van der Waals surface area contributed by atoms with Crippen LogP contribution < -0.4 is 0 Å². The molecule has 212 valence electrons. The number of rotatable bonds is 14. The number of hydrogen-bond donors (Lipinski definition) is 2. The number of hydrogen-bond acceptors (Lipinski definition) is 5. The van der Waals surface area contributed by atoms with E-state index < -0.39 is 5.60 Å². The third-order valence-electron chi connectivity index (χ3n) is 8.43. The molecular formula is C32H54O5. The van der Waals surface area contributed by atoms with Crippen LogP contribution in [-0.2, 0) is 14.3 Å². The summed E-state index contributed by atoms with van der Waals surface area (Å²) in [6.07, 6.45) is 13.6. The van der Waals surface area contributed by atoms with Crippen LogP contribution in [0.5, 0.6) is 0 Å². The third-order valence-corrected chi connectivity index (χ3v) is 8.43. The summed E-state index contributed by atoms with van der Waals surface area (Å²) < 4.78 is 11.3. The van der Waals surface area contributed by atoms with Crippen LogP contribution in [0.25, 0.3) is 0 Å².